The van der Waals surface area contributed by atoms with Gasteiger partial charge in [0, 0.05) is 25.7 Å². The summed E-state index contributed by atoms with van der Waals surface area (Å²) in [6.45, 7) is 9.47. The van der Waals surface area contributed by atoms with Crippen LogP contribution in [0.5, 0.6) is 0 Å². The molecule has 0 aromatic heterocycles. The molecule has 3 N–H and O–H groups in total. The summed E-state index contributed by atoms with van der Waals surface area (Å²) in [6.07, 6.45) is 52.9. The highest BCUT2D eigenvalue weighted by Crippen LogP contribution is 2.45. The van der Waals surface area contributed by atoms with Gasteiger partial charge in [-0.05, 0) is 37.5 Å². The SMILES string of the molecule is CCCCCCCCCCCCCCCCCCCCCC(=O)O[C@H](COC(=O)CCCCCCCCCCCCCCCC)COP(=O)(O)OC[C@@H](O)COP(=O)(O)OC[C@@H](COC(=O)CCCCCCCCC(C)CC)OC(=O)CCCCCCCCCC(C)C. The van der Waals surface area contributed by atoms with Crippen molar-refractivity contribution in [3.8, 4) is 0 Å². The number of phosphoric acid groups is 2. The van der Waals surface area contributed by atoms with Crippen molar-refractivity contribution in [2.45, 2.75) is 400 Å². The van der Waals surface area contributed by atoms with E-state index in [1.165, 1.54) is 193 Å². The molecule has 0 aliphatic heterocycles. The molecule has 17 nitrogen and oxygen atoms in total. The number of aliphatic hydroxyl groups is 1. The monoisotopic (exact) mass is 1370 g/mol. The third-order valence-electron chi connectivity index (χ3n) is 17.6. The molecule has 0 saturated heterocycles. The lowest BCUT2D eigenvalue weighted by Gasteiger charge is -2.21. The molecule has 0 bridgehead atoms. The Bertz CT molecular complexity index is 1810. The number of esters is 4. The zero-order valence-corrected chi connectivity index (χ0v) is 62.3. The van der Waals surface area contributed by atoms with Gasteiger partial charge in [-0.25, -0.2) is 9.13 Å². The van der Waals surface area contributed by atoms with Gasteiger partial charge in [0.15, 0.2) is 12.2 Å². The lowest BCUT2D eigenvalue weighted by Crippen LogP contribution is -2.30. The Balaban J connectivity index is 5.22. The summed E-state index contributed by atoms with van der Waals surface area (Å²) in [5, 5.41) is 10.6. The first kappa shape index (κ1) is 91.1. The van der Waals surface area contributed by atoms with Crippen LogP contribution < -0.4 is 0 Å². The third kappa shape index (κ3) is 67.0. The van der Waals surface area contributed by atoms with Gasteiger partial charge in [0.25, 0.3) is 0 Å². The maximum atomic E-state index is 13.1. The lowest BCUT2D eigenvalue weighted by molar-refractivity contribution is -0.161. The van der Waals surface area contributed by atoms with Gasteiger partial charge in [-0.1, -0.05) is 330 Å². The second-order valence-electron chi connectivity index (χ2n) is 27.4. The van der Waals surface area contributed by atoms with Crippen LogP contribution in [0.2, 0.25) is 0 Å². The Morgan fingerprint density at radius 2 is 0.548 bits per heavy atom. The minimum absolute atomic E-state index is 0.103. The number of aliphatic hydroxyl groups excluding tert-OH is 1. The van der Waals surface area contributed by atoms with E-state index in [0.717, 1.165) is 102 Å². The molecule has 0 aromatic carbocycles. The topological polar surface area (TPSA) is 237 Å². The fraction of sp³-hybridized carbons (Fsp3) is 0.946. The Kier molecular flexibility index (Phi) is 64.6. The van der Waals surface area contributed by atoms with E-state index < -0.39 is 97.5 Å². The quantitative estimate of drug-likeness (QED) is 0.0222. The van der Waals surface area contributed by atoms with E-state index in [-0.39, 0.29) is 25.7 Å². The smallest absolute Gasteiger partial charge is 0.462 e. The second-order valence-corrected chi connectivity index (χ2v) is 30.3. The number of hydrogen-bond acceptors (Lipinski definition) is 15. The number of hydrogen-bond donors (Lipinski definition) is 3. The van der Waals surface area contributed by atoms with Crippen LogP contribution in [-0.2, 0) is 65.4 Å². The van der Waals surface area contributed by atoms with Gasteiger partial charge >= 0.3 is 39.5 Å². The molecule has 93 heavy (non-hydrogen) atoms. The highest BCUT2D eigenvalue weighted by molar-refractivity contribution is 7.47. The van der Waals surface area contributed by atoms with Gasteiger partial charge in [-0.2, -0.15) is 0 Å². The predicted molar refractivity (Wildman–Crippen MR) is 377 cm³/mol. The van der Waals surface area contributed by atoms with Crippen molar-refractivity contribution < 1.29 is 80.2 Å². The molecule has 552 valence electrons. The van der Waals surface area contributed by atoms with Crippen LogP contribution in [0.3, 0.4) is 0 Å². The van der Waals surface area contributed by atoms with Gasteiger partial charge in [0.1, 0.15) is 19.3 Å². The molecule has 0 fully saturated rings. The van der Waals surface area contributed by atoms with Crippen molar-refractivity contribution in [2.75, 3.05) is 39.6 Å². The van der Waals surface area contributed by atoms with Crippen LogP contribution >= 0.6 is 15.6 Å². The molecule has 0 aliphatic carbocycles. The summed E-state index contributed by atoms with van der Waals surface area (Å²) < 4.78 is 68.4. The molecule has 0 amide bonds. The van der Waals surface area contributed by atoms with Crippen molar-refractivity contribution in [3.05, 3.63) is 0 Å². The van der Waals surface area contributed by atoms with Gasteiger partial charge in [0.2, 0.25) is 0 Å². The zero-order valence-electron chi connectivity index (χ0n) is 60.6. The summed E-state index contributed by atoms with van der Waals surface area (Å²) in [6, 6.07) is 0. The number of phosphoric ester groups is 2. The van der Waals surface area contributed by atoms with E-state index in [9.17, 15) is 43.2 Å². The molecule has 0 rings (SSSR count). The van der Waals surface area contributed by atoms with Crippen LogP contribution in [0.15, 0.2) is 0 Å². The predicted octanol–water partition coefficient (Wildman–Crippen LogP) is 21.6. The van der Waals surface area contributed by atoms with Gasteiger partial charge in [-0.15, -0.1) is 0 Å². The van der Waals surface area contributed by atoms with Crippen LogP contribution in [-0.4, -0.2) is 96.7 Å². The minimum atomic E-state index is -4.96. The molecule has 0 radical (unpaired) electrons. The Morgan fingerprint density at radius 3 is 0.817 bits per heavy atom. The third-order valence-corrected chi connectivity index (χ3v) is 19.5. The Hall–Kier alpha value is -1.94. The largest absolute Gasteiger partial charge is 0.472 e. The average Bonchev–Trinajstić information content (AvgIpc) is 2.29. The molecule has 19 heteroatoms. The van der Waals surface area contributed by atoms with Crippen molar-refractivity contribution in [3.63, 3.8) is 0 Å². The first-order valence-electron chi connectivity index (χ1n) is 38.5. The Morgan fingerprint density at radius 1 is 0.312 bits per heavy atom. The number of carbonyl (C=O) groups is 4. The fourth-order valence-corrected chi connectivity index (χ4v) is 12.8. The molecule has 0 heterocycles. The average molecular weight is 1370 g/mol. The second kappa shape index (κ2) is 66.0. The first-order valence-corrected chi connectivity index (χ1v) is 41.5. The van der Waals surface area contributed by atoms with Crippen LogP contribution in [0.1, 0.15) is 382 Å². The normalized spacial score (nSPS) is 14.3. The highest BCUT2D eigenvalue weighted by atomic mass is 31.2. The summed E-state index contributed by atoms with van der Waals surface area (Å²) in [4.78, 5) is 72.7. The molecule has 0 spiro atoms. The minimum Gasteiger partial charge on any atom is -0.462 e. The first-order chi connectivity index (χ1) is 44.9. The van der Waals surface area contributed by atoms with Crippen molar-refractivity contribution >= 4 is 39.5 Å². The molecule has 0 aromatic rings. The summed E-state index contributed by atoms with van der Waals surface area (Å²) in [5.74, 6) is -0.695. The standard InChI is InChI=1S/C74H144O17P2/c1-7-10-12-14-16-18-20-22-24-25-26-27-28-30-32-34-38-46-52-58-73(78)90-69(62-84-71(76)56-50-44-37-33-31-29-23-21-19-17-15-13-11-8-2)64-88-92(80,81)86-60-68(75)61-87-93(82,83)89-65-70(91-74(79)59-53-47-39-35-36-42-48-54-66(4)5)63-85-72(77)57-51-45-41-40-43-49-55-67(6)9-3/h66-70,75H,7-65H2,1-6H3,(H,80,81)(H,82,83)/t67?,68-,69-,70-/m1/s1. The molecule has 0 aliphatic rings. The molecular weight excluding hydrogens is 1220 g/mol. The zero-order chi connectivity index (χ0) is 68.6. The van der Waals surface area contributed by atoms with Crippen LogP contribution in [0.4, 0.5) is 0 Å². The van der Waals surface area contributed by atoms with E-state index in [0.29, 0.717) is 31.6 Å². The molecular formula is C74H144O17P2. The molecule has 3 unspecified atom stereocenters. The van der Waals surface area contributed by atoms with E-state index >= 15 is 0 Å². The van der Waals surface area contributed by atoms with Crippen LogP contribution in [0, 0.1) is 11.8 Å². The number of carbonyl (C=O) groups excluding carboxylic acids is 4. The van der Waals surface area contributed by atoms with Crippen molar-refractivity contribution in [2.24, 2.45) is 11.8 Å². The maximum absolute atomic E-state index is 13.1. The van der Waals surface area contributed by atoms with E-state index in [4.69, 9.17) is 37.0 Å². The van der Waals surface area contributed by atoms with Crippen LogP contribution in [0.25, 0.3) is 0 Å². The molecule has 0 saturated carbocycles. The van der Waals surface area contributed by atoms with E-state index in [1.807, 2.05) is 0 Å². The lowest BCUT2D eigenvalue weighted by atomic mass is 10.00. The Labute approximate surface area is 568 Å². The van der Waals surface area contributed by atoms with E-state index in [1.54, 1.807) is 0 Å². The maximum Gasteiger partial charge on any atom is 0.472 e. The van der Waals surface area contributed by atoms with Crippen molar-refractivity contribution in [1.29, 1.82) is 0 Å². The number of unbranched alkanes of at least 4 members (excludes halogenated alkanes) is 42. The van der Waals surface area contributed by atoms with Gasteiger partial charge in [-0.3, -0.25) is 37.3 Å². The summed E-state index contributed by atoms with van der Waals surface area (Å²) >= 11 is 0. The summed E-state index contributed by atoms with van der Waals surface area (Å²) in [7, 11) is -9.91. The number of rotatable bonds is 73. The highest BCUT2D eigenvalue weighted by Gasteiger charge is 2.30. The van der Waals surface area contributed by atoms with Gasteiger partial charge in [0.05, 0.1) is 26.4 Å². The number of ether oxygens (including phenoxy) is 4. The van der Waals surface area contributed by atoms with E-state index in [2.05, 4.69) is 41.5 Å². The summed E-state index contributed by atoms with van der Waals surface area (Å²) in [5.41, 5.74) is 0. The van der Waals surface area contributed by atoms with Gasteiger partial charge < -0.3 is 33.8 Å². The fourth-order valence-electron chi connectivity index (χ4n) is 11.3. The van der Waals surface area contributed by atoms with Crippen molar-refractivity contribution in [1.82, 2.24) is 0 Å². The molecule has 6 atom stereocenters.